The van der Waals surface area contributed by atoms with Gasteiger partial charge in [0.05, 0.1) is 71.4 Å². The van der Waals surface area contributed by atoms with Crippen LogP contribution in [0.1, 0.15) is 49.3 Å². The van der Waals surface area contributed by atoms with E-state index < -0.39 is 266 Å². The van der Waals surface area contributed by atoms with Crippen molar-refractivity contribution >= 4 is 151 Å². The van der Waals surface area contributed by atoms with E-state index in [2.05, 4.69) is 21.0 Å². The summed E-state index contributed by atoms with van der Waals surface area (Å²) in [4.78, 5) is 28.2. The van der Waals surface area contributed by atoms with Crippen LogP contribution in [0.25, 0.3) is 208 Å². The molecule has 0 spiro atoms. The lowest BCUT2D eigenvalue weighted by molar-refractivity contribution is 0.668. The van der Waals surface area contributed by atoms with Crippen LogP contribution in [0.2, 0.25) is 0 Å². The van der Waals surface area contributed by atoms with Gasteiger partial charge in [0.25, 0.3) is 0 Å². The van der Waals surface area contributed by atoms with E-state index in [1.54, 1.807) is 0 Å². The average molecular weight is 1380 g/mol. The molecular formula is C90H52N8O2S2. The van der Waals surface area contributed by atoms with E-state index in [4.69, 9.17) is 58.1 Å². The summed E-state index contributed by atoms with van der Waals surface area (Å²) in [6, 6.07) is 5.85. The molecule has 102 heavy (non-hydrogen) atoms. The van der Waals surface area contributed by atoms with E-state index in [0.29, 0.717) is 22.3 Å². The molecule has 0 saturated heterocycles. The molecule has 0 bridgehead atoms. The molecule has 0 N–H and O–H groups in total. The molecule has 0 radical (unpaired) electrons. The van der Waals surface area contributed by atoms with Crippen molar-refractivity contribution in [3.63, 3.8) is 0 Å². The molecule has 12 heteroatoms. The second-order valence-electron chi connectivity index (χ2n) is 22.9. The monoisotopic (exact) mass is 1380 g/mol. The number of nitrogens with zero attached hydrogens (tertiary/aromatic N) is 8. The maximum absolute atomic E-state index is 9.65. The average Bonchev–Trinajstić information content (AvgIpc) is 1.52. The Kier molecular flexibility index (Phi) is 7.41. The molecule has 0 aliphatic rings. The summed E-state index contributed by atoms with van der Waals surface area (Å²) in [6.45, 7) is 0. The van der Waals surface area contributed by atoms with Crippen LogP contribution in [0, 0.1) is 0 Å². The molecule has 0 amide bonds. The number of benzene rings is 14. The summed E-state index contributed by atoms with van der Waals surface area (Å²) in [5.41, 5.74) is -0.526. The van der Waals surface area contributed by atoms with Gasteiger partial charge in [-0.15, -0.1) is 22.7 Å². The van der Waals surface area contributed by atoms with E-state index >= 15 is 0 Å². The quantitative estimate of drug-likeness (QED) is 0.148. The zero-order valence-corrected chi connectivity index (χ0v) is 53.1. The Labute approximate surface area is 640 Å². The van der Waals surface area contributed by atoms with E-state index in [9.17, 15) is 15.1 Å². The first-order chi connectivity index (χ1) is 65.5. The molecule has 14 aromatic carbocycles. The third kappa shape index (κ3) is 9.24. The van der Waals surface area contributed by atoms with Crippen molar-refractivity contribution in [3.8, 4) is 79.7 Å². The van der Waals surface area contributed by atoms with Gasteiger partial charge < -0.3 is 8.83 Å². The SMILES string of the molecule is [2H]c1c([2H])c([2H])c(-c2nc(-c3c([2H])c([2H])c4c(oc5c([2H])c([2H])c([2H])c(-c6c([2H])c([2H])c([2H])c([2H])c6[2H])c54)c3[2H])nc(-n3c4c([2H])c([2H])c([2H])c([2H])c4c4c5c(sc6c([2H])c([2H])c([2H])c([2H])c65)c([2H])c([2H])c43)n2)c([2H])c1[2H].[2H]c1c([2H])c([2H])c2c(sc3c([2H])c([2H])c4c(c5c([2H])c([2H])c([2H])c([2H])c5n4-c4nc(-c5ccccc5)nc(-c5ccc6c(c5)oc5cccc(-c7ccccc7)c56)n4)c32)c1[2H]. The van der Waals surface area contributed by atoms with Gasteiger partial charge in [0.1, 0.15) is 22.3 Å². The molecule has 0 saturated carbocycles. The fraction of sp³-hybridized carbons (Fsp3) is 0. The number of para-hydroxylation sites is 2. The number of rotatable bonds is 8. The van der Waals surface area contributed by atoms with E-state index in [0.717, 1.165) is 49.1 Å². The van der Waals surface area contributed by atoms with Crippen molar-refractivity contribution in [3.05, 3.63) is 315 Å². The number of hydrogen-bond donors (Lipinski definition) is 0. The predicted molar refractivity (Wildman–Crippen MR) is 421 cm³/mol. The van der Waals surface area contributed by atoms with Gasteiger partial charge in [-0.2, -0.15) is 19.9 Å². The molecule has 8 aromatic heterocycles. The Hall–Kier alpha value is -13.3. The first kappa shape index (κ1) is 32.6. The number of hydrogen-bond acceptors (Lipinski definition) is 10. The highest BCUT2D eigenvalue weighted by atomic mass is 32.1. The minimum absolute atomic E-state index is 0.00671. The van der Waals surface area contributed by atoms with Crippen molar-refractivity contribution in [2.45, 2.75) is 0 Å². The van der Waals surface area contributed by atoms with Gasteiger partial charge in [-0.05, 0) is 107 Å². The zero-order valence-electron chi connectivity index (χ0n) is 87.4. The molecule has 22 rings (SSSR count). The second-order valence-corrected chi connectivity index (χ2v) is 24.9. The van der Waals surface area contributed by atoms with E-state index in [1.807, 2.05) is 91.0 Å². The van der Waals surface area contributed by atoms with Crippen LogP contribution in [0.15, 0.2) is 323 Å². The molecule has 8 heterocycles. The summed E-state index contributed by atoms with van der Waals surface area (Å²) < 4.78 is 335. The molecule has 476 valence electrons. The van der Waals surface area contributed by atoms with Crippen molar-refractivity contribution < 1.29 is 58.2 Å². The number of fused-ring (bicyclic) bond motifs is 20. The van der Waals surface area contributed by atoms with Crippen LogP contribution >= 0.6 is 22.7 Å². The van der Waals surface area contributed by atoms with Crippen LogP contribution in [0.5, 0.6) is 0 Å². The highest BCUT2D eigenvalue weighted by Gasteiger charge is 2.25. The maximum Gasteiger partial charge on any atom is 0.238 e. The Balaban J connectivity index is 0.000000169. The van der Waals surface area contributed by atoms with Gasteiger partial charge in [0.2, 0.25) is 11.9 Å². The molecule has 0 unspecified atom stereocenters. The van der Waals surface area contributed by atoms with Crippen molar-refractivity contribution in [1.82, 2.24) is 39.0 Å². The first-order valence-electron chi connectivity index (χ1n) is 49.0. The molecule has 0 aliphatic heterocycles. The zero-order chi connectivity index (χ0) is 98.3. The smallest absolute Gasteiger partial charge is 0.238 e. The standard InChI is InChI=1S/2C45H26N4OS/c2*1-3-12-27(13-4-1)30-18-11-20-36-40(30)32-23-22-29(26-37(32)50-36)44-46-43(28-14-5-2-6-15-28)47-45(48-44)49-34-19-9-7-16-31(34)41-35(49)24-25-39-42(41)33-17-8-10-21-38(33)51-39/h2*1-26H/i1D,2D,3D,4D,5D,6D,7D,8D,9D,10D,11D,12D,13D,14D,15D,16D,17D,18D,19D,20D,21D,22D,23D,24D,25D,26D;7D,8D,9D,10D,16D,17D,19D,21D,24D,25D. The van der Waals surface area contributed by atoms with E-state index in [1.165, 1.54) is 4.57 Å². The second kappa shape index (κ2) is 23.2. The van der Waals surface area contributed by atoms with Crippen LogP contribution in [-0.2, 0) is 0 Å². The Morgan fingerprint density at radius 1 is 0.265 bits per heavy atom. The molecule has 0 atom stereocenters. The Bertz CT molecular complexity index is 9390. The normalized spacial score (nSPS) is 16.9. The molecule has 22 aromatic rings. The van der Waals surface area contributed by atoms with Gasteiger partial charge >= 0.3 is 0 Å². The fourth-order valence-corrected chi connectivity index (χ4v) is 14.9. The molecule has 0 aliphatic carbocycles. The predicted octanol–water partition coefficient (Wildman–Crippen LogP) is 24.5. The largest absolute Gasteiger partial charge is 0.456 e. The Morgan fingerprint density at radius 2 is 0.784 bits per heavy atom. The number of aromatic nitrogens is 8. The highest BCUT2D eigenvalue weighted by Crippen LogP contribution is 2.47. The van der Waals surface area contributed by atoms with Crippen LogP contribution in [-0.4, -0.2) is 39.0 Å². The third-order valence-electron chi connectivity index (χ3n) is 17.3. The fourth-order valence-electron chi connectivity index (χ4n) is 12.9. The van der Waals surface area contributed by atoms with Gasteiger partial charge in [-0.3, -0.25) is 9.13 Å². The van der Waals surface area contributed by atoms with Gasteiger partial charge in [-0.25, -0.2) is 9.97 Å². The minimum Gasteiger partial charge on any atom is -0.456 e. The summed E-state index contributed by atoms with van der Waals surface area (Å²) in [5, 5.41) is 0.342. The first-order valence-corrected chi connectivity index (χ1v) is 32.6. The van der Waals surface area contributed by atoms with Crippen LogP contribution in [0.4, 0.5) is 0 Å². The lowest BCUT2D eigenvalue weighted by Gasteiger charge is -2.11. The lowest BCUT2D eigenvalue weighted by Crippen LogP contribution is -2.06. The summed E-state index contributed by atoms with van der Waals surface area (Å²) >= 11 is 1.68. The van der Waals surface area contributed by atoms with Crippen molar-refractivity contribution in [1.29, 1.82) is 0 Å². The number of thiophene rings is 2. The number of furan rings is 2. The van der Waals surface area contributed by atoms with Crippen molar-refractivity contribution in [2.24, 2.45) is 0 Å². The third-order valence-corrected chi connectivity index (χ3v) is 19.3. The summed E-state index contributed by atoms with van der Waals surface area (Å²) in [6.07, 6.45) is 0. The van der Waals surface area contributed by atoms with Crippen molar-refractivity contribution in [2.75, 3.05) is 0 Å². The van der Waals surface area contributed by atoms with E-state index in [-0.39, 0.29) is 115 Å². The highest BCUT2D eigenvalue weighted by molar-refractivity contribution is 7.26. The van der Waals surface area contributed by atoms with Gasteiger partial charge in [0, 0.05) is 106 Å². The van der Waals surface area contributed by atoms with Crippen LogP contribution < -0.4 is 0 Å². The topological polar surface area (TPSA) is 113 Å². The van der Waals surface area contributed by atoms with Gasteiger partial charge in [-0.1, -0.05) is 230 Å². The molecule has 0 fully saturated rings. The maximum atomic E-state index is 9.65. The molecular weight excluding hydrogens is 1290 g/mol. The minimum atomic E-state index is -0.950. The summed E-state index contributed by atoms with van der Waals surface area (Å²) in [7, 11) is 0. The Morgan fingerprint density at radius 3 is 1.41 bits per heavy atom. The molecule has 10 nitrogen and oxygen atoms in total. The van der Waals surface area contributed by atoms with Gasteiger partial charge in [0.15, 0.2) is 23.3 Å². The lowest BCUT2D eigenvalue weighted by atomic mass is 9.99. The summed E-state index contributed by atoms with van der Waals surface area (Å²) in [5.74, 6) is -2.12. The van der Waals surface area contributed by atoms with Crippen LogP contribution in [0.3, 0.4) is 0 Å².